The molecule has 3 aliphatic rings. The summed E-state index contributed by atoms with van der Waals surface area (Å²) in [6.07, 6.45) is 2.36. The van der Waals surface area contributed by atoms with Crippen molar-refractivity contribution in [2.75, 3.05) is 33.2 Å². The van der Waals surface area contributed by atoms with Crippen LogP contribution in [0.3, 0.4) is 0 Å². The summed E-state index contributed by atoms with van der Waals surface area (Å²) >= 11 is 0. The van der Waals surface area contributed by atoms with E-state index >= 15 is 0 Å². The van der Waals surface area contributed by atoms with E-state index in [4.69, 9.17) is 9.97 Å². The Bertz CT molecular complexity index is 628. The fraction of sp³-hybridized carbons (Fsp3) is 0.524. The zero-order chi connectivity index (χ0) is 17.8. The topological polar surface area (TPSA) is 35.5 Å². The van der Waals surface area contributed by atoms with Crippen LogP contribution in [0.1, 0.15) is 35.6 Å². The van der Waals surface area contributed by atoms with Crippen molar-refractivity contribution in [1.29, 1.82) is 0 Å². The first-order valence-corrected chi connectivity index (χ1v) is 9.77. The van der Waals surface area contributed by atoms with Gasteiger partial charge >= 0.3 is 0 Å². The van der Waals surface area contributed by atoms with Gasteiger partial charge in [-0.1, -0.05) is 12.1 Å². The predicted molar refractivity (Wildman–Crippen MR) is 103 cm³/mol. The molecule has 0 saturated heterocycles. The van der Waals surface area contributed by atoms with Crippen molar-refractivity contribution in [3.63, 3.8) is 0 Å². The molecule has 0 aromatic carbocycles. The van der Waals surface area contributed by atoms with Crippen LogP contribution in [0.5, 0.6) is 0 Å². The molecule has 0 N–H and O–H groups in total. The van der Waals surface area contributed by atoms with Gasteiger partial charge < -0.3 is 4.90 Å². The van der Waals surface area contributed by atoms with Crippen LogP contribution in [0.15, 0.2) is 36.4 Å². The lowest BCUT2D eigenvalue weighted by Crippen LogP contribution is -2.33. The van der Waals surface area contributed by atoms with Crippen LogP contribution in [0.2, 0.25) is 0 Å². The Morgan fingerprint density at radius 2 is 1.00 bits per heavy atom. The van der Waals surface area contributed by atoms with Crippen molar-refractivity contribution < 1.29 is 0 Å². The SMILES string of the molecule is CN1CCCN2Cc3cccc(n3)CN(CCC1)Cc1cccc(n1)C2. The Labute approximate surface area is 156 Å². The second-order valence-electron chi connectivity index (χ2n) is 7.67. The number of pyridine rings is 2. The third kappa shape index (κ3) is 4.67. The van der Waals surface area contributed by atoms with Gasteiger partial charge in [0.05, 0.1) is 22.8 Å². The van der Waals surface area contributed by atoms with Crippen molar-refractivity contribution in [1.82, 2.24) is 24.7 Å². The Hall–Kier alpha value is -1.82. The number of rotatable bonds is 0. The highest BCUT2D eigenvalue weighted by Gasteiger charge is 2.16. The van der Waals surface area contributed by atoms with E-state index in [0.29, 0.717) is 0 Å². The van der Waals surface area contributed by atoms with E-state index in [2.05, 4.69) is 58.1 Å². The first-order chi connectivity index (χ1) is 12.7. The Morgan fingerprint density at radius 1 is 0.615 bits per heavy atom. The molecule has 0 saturated carbocycles. The highest BCUT2D eigenvalue weighted by atomic mass is 15.2. The van der Waals surface area contributed by atoms with Crippen molar-refractivity contribution in [2.45, 2.75) is 39.0 Å². The number of hydrogen-bond acceptors (Lipinski definition) is 5. The molecule has 5 heterocycles. The lowest BCUT2D eigenvalue weighted by atomic mass is 10.2. The molecule has 6 bridgehead atoms. The van der Waals surface area contributed by atoms with Gasteiger partial charge in [0.15, 0.2) is 0 Å². The van der Waals surface area contributed by atoms with Gasteiger partial charge in [-0.05, 0) is 57.2 Å². The van der Waals surface area contributed by atoms with Gasteiger partial charge in [-0.25, -0.2) is 0 Å². The second-order valence-corrected chi connectivity index (χ2v) is 7.67. The van der Waals surface area contributed by atoms with Crippen LogP contribution in [0.4, 0.5) is 0 Å². The molecule has 0 radical (unpaired) electrons. The van der Waals surface area contributed by atoms with E-state index in [-0.39, 0.29) is 0 Å². The molecule has 5 heteroatoms. The molecule has 2 aromatic heterocycles. The molecular weight excluding hydrogens is 322 g/mol. The van der Waals surface area contributed by atoms with Gasteiger partial charge in [0.25, 0.3) is 0 Å². The van der Waals surface area contributed by atoms with Gasteiger partial charge in [0.1, 0.15) is 0 Å². The largest absolute Gasteiger partial charge is 0.306 e. The molecule has 3 aliphatic heterocycles. The van der Waals surface area contributed by atoms with E-state index < -0.39 is 0 Å². The Kier molecular flexibility index (Phi) is 5.58. The fourth-order valence-electron chi connectivity index (χ4n) is 4.00. The summed E-state index contributed by atoms with van der Waals surface area (Å²) in [6.45, 7) is 8.03. The number of fused-ring (bicyclic) bond motifs is 6. The fourth-order valence-corrected chi connectivity index (χ4v) is 4.00. The molecule has 0 fully saturated rings. The monoisotopic (exact) mass is 351 g/mol. The maximum absolute atomic E-state index is 4.95. The lowest BCUT2D eigenvalue weighted by molar-refractivity contribution is 0.201. The van der Waals surface area contributed by atoms with Gasteiger partial charge in [-0.15, -0.1) is 0 Å². The molecule has 26 heavy (non-hydrogen) atoms. The predicted octanol–water partition coefficient (Wildman–Crippen LogP) is 2.52. The summed E-state index contributed by atoms with van der Waals surface area (Å²) < 4.78 is 0. The molecule has 0 unspecified atom stereocenters. The van der Waals surface area contributed by atoms with Crippen molar-refractivity contribution in [3.05, 3.63) is 59.2 Å². The van der Waals surface area contributed by atoms with Crippen LogP contribution in [-0.4, -0.2) is 57.9 Å². The van der Waals surface area contributed by atoms with Crippen LogP contribution in [0.25, 0.3) is 0 Å². The van der Waals surface area contributed by atoms with Gasteiger partial charge in [-0.3, -0.25) is 19.8 Å². The first kappa shape index (κ1) is 17.6. The van der Waals surface area contributed by atoms with Crippen LogP contribution < -0.4 is 0 Å². The van der Waals surface area contributed by atoms with Gasteiger partial charge in [0, 0.05) is 39.3 Å². The smallest absolute Gasteiger partial charge is 0.0548 e. The molecule has 0 aliphatic carbocycles. The molecule has 5 nitrogen and oxygen atoms in total. The zero-order valence-electron chi connectivity index (χ0n) is 15.8. The molecule has 0 atom stereocenters. The number of nitrogens with zero attached hydrogens (tertiary/aromatic N) is 5. The average Bonchev–Trinajstić information content (AvgIpc) is 2.61. The molecule has 2 aromatic rings. The second kappa shape index (κ2) is 8.25. The highest BCUT2D eigenvalue weighted by Crippen LogP contribution is 2.15. The maximum atomic E-state index is 4.95. The highest BCUT2D eigenvalue weighted by molar-refractivity contribution is 5.15. The van der Waals surface area contributed by atoms with Crippen LogP contribution in [-0.2, 0) is 26.2 Å². The standard InChI is InChI=1S/C21H29N5/c1-24-10-4-12-25-14-18-6-2-7-19(22-18)15-26(13-5-11-24)17-21-9-3-8-20(16-25)23-21/h2-3,6-9H,4-5,10-17H2,1H3. The lowest BCUT2D eigenvalue weighted by Gasteiger charge is -2.28. The van der Waals surface area contributed by atoms with Gasteiger partial charge in [0.2, 0.25) is 0 Å². The quantitative estimate of drug-likeness (QED) is 0.729. The van der Waals surface area contributed by atoms with E-state index in [1.165, 1.54) is 35.6 Å². The van der Waals surface area contributed by atoms with E-state index in [9.17, 15) is 0 Å². The molecule has 5 rings (SSSR count). The van der Waals surface area contributed by atoms with Gasteiger partial charge in [-0.2, -0.15) is 0 Å². The van der Waals surface area contributed by atoms with E-state index in [0.717, 1.165) is 52.4 Å². The Balaban J connectivity index is 1.71. The molecule has 0 amide bonds. The van der Waals surface area contributed by atoms with E-state index in [1.54, 1.807) is 0 Å². The normalized spacial score (nSPS) is 25.0. The summed E-state index contributed by atoms with van der Waals surface area (Å²) in [5, 5.41) is 0. The van der Waals surface area contributed by atoms with Crippen molar-refractivity contribution >= 4 is 0 Å². The van der Waals surface area contributed by atoms with Crippen molar-refractivity contribution in [3.8, 4) is 0 Å². The minimum atomic E-state index is 0.892. The summed E-state index contributed by atoms with van der Waals surface area (Å²) in [4.78, 5) is 17.4. The summed E-state index contributed by atoms with van der Waals surface area (Å²) in [6, 6.07) is 13.0. The average molecular weight is 351 g/mol. The summed E-state index contributed by atoms with van der Waals surface area (Å²) in [7, 11) is 2.25. The minimum Gasteiger partial charge on any atom is -0.306 e. The zero-order valence-corrected chi connectivity index (χ0v) is 15.8. The number of hydrogen-bond donors (Lipinski definition) is 0. The minimum absolute atomic E-state index is 0.892. The summed E-state index contributed by atoms with van der Waals surface area (Å²) in [5.74, 6) is 0. The van der Waals surface area contributed by atoms with Crippen LogP contribution >= 0.6 is 0 Å². The molecule has 138 valence electrons. The summed E-state index contributed by atoms with van der Waals surface area (Å²) in [5.41, 5.74) is 4.68. The first-order valence-electron chi connectivity index (χ1n) is 9.77. The number of aromatic nitrogens is 2. The third-order valence-electron chi connectivity index (χ3n) is 5.30. The third-order valence-corrected chi connectivity index (χ3v) is 5.30. The van der Waals surface area contributed by atoms with Crippen molar-refractivity contribution in [2.24, 2.45) is 0 Å². The van der Waals surface area contributed by atoms with Crippen LogP contribution in [0, 0.1) is 0 Å². The molecule has 0 spiro atoms. The maximum Gasteiger partial charge on any atom is 0.0548 e. The van der Waals surface area contributed by atoms with E-state index in [1.807, 2.05) is 0 Å². The molecular formula is C21H29N5. The Morgan fingerprint density at radius 3 is 1.38 bits per heavy atom.